The molecule has 0 radical (unpaired) electrons. The van der Waals surface area contributed by atoms with E-state index in [0.717, 1.165) is 13.1 Å². The Hall–Kier alpha value is -1.26. The van der Waals surface area contributed by atoms with Crippen molar-refractivity contribution in [3.8, 4) is 5.75 Å². The van der Waals surface area contributed by atoms with Crippen molar-refractivity contribution in [3.05, 3.63) is 28.8 Å². The third-order valence-electron chi connectivity index (χ3n) is 3.80. The summed E-state index contributed by atoms with van der Waals surface area (Å²) in [6, 6.07) is 5.38. The second-order valence-electron chi connectivity index (χ2n) is 4.83. The average molecular weight is 267 g/mol. The van der Waals surface area contributed by atoms with E-state index >= 15 is 0 Å². The van der Waals surface area contributed by atoms with Gasteiger partial charge in [-0.3, -0.25) is 4.79 Å². The molecule has 2 atom stereocenters. The van der Waals surface area contributed by atoms with Gasteiger partial charge in [0.05, 0.1) is 12.7 Å². The van der Waals surface area contributed by atoms with E-state index in [1.165, 1.54) is 0 Å². The van der Waals surface area contributed by atoms with E-state index in [1.807, 2.05) is 0 Å². The van der Waals surface area contributed by atoms with Gasteiger partial charge in [0, 0.05) is 24.2 Å². The Labute approximate surface area is 111 Å². The number of amides is 1. The second kappa shape index (κ2) is 4.44. The summed E-state index contributed by atoms with van der Waals surface area (Å²) in [4.78, 5) is 12.2. The van der Waals surface area contributed by atoms with Gasteiger partial charge in [0.15, 0.2) is 0 Å². The Morgan fingerprint density at radius 2 is 2.17 bits per heavy atom. The molecule has 96 valence electrons. The van der Waals surface area contributed by atoms with Crippen LogP contribution in [0.1, 0.15) is 10.4 Å². The first-order valence-corrected chi connectivity index (χ1v) is 6.43. The van der Waals surface area contributed by atoms with Gasteiger partial charge < -0.3 is 15.4 Å². The van der Waals surface area contributed by atoms with Gasteiger partial charge in [0.1, 0.15) is 5.75 Å². The van der Waals surface area contributed by atoms with E-state index in [0.29, 0.717) is 34.2 Å². The highest BCUT2D eigenvalue weighted by Gasteiger charge is 2.53. The number of nitrogens with one attached hydrogen (secondary N) is 2. The molecular weight excluding hydrogens is 252 g/mol. The number of ether oxygens (including phenoxy) is 1. The lowest BCUT2D eigenvalue weighted by Crippen LogP contribution is -2.32. The predicted octanol–water partition coefficient (Wildman–Crippen LogP) is 1.30. The van der Waals surface area contributed by atoms with Crippen LogP contribution in [0.2, 0.25) is 5.02 Å². The van der Waals surface area contributed by atoms with Crippen molar-refractivity contribution in [3.63, 3.8) is 0 Å². The van der Waals surface area contributed by atoms with Crippen LogP contribution in [-0.2, 0) is 0 Å². The Morgan fingerprint density at radius 1 is 1.44 bits per heavy atom. The first kappa shape index (κ1) is 11.8. The maximum Gasteiger partial charge on any atom is 0.255 e. The van der Waals surface area contributed by atoms with Crippen LogP contribution in [0.15, 0.2) is 18.2 Å². The Morgan fingerprint density at radius 3 is 2.83 bits per heavy atom. The fourth-order valence-corrected chi connectivity index (χ4v) is 2.89. The lowest BCUT2D eigenvalue weighted by Gasteiger charge is -2.11. The number of hydrogen-bond donors (Lipinski definition) is 2. The summed E-state index contributed by atoms with van der Waals surface area (Å²) < 4.78 is 5.19. The summed E-state index contributed by atoms with van der Waals surface area (Å²) in [6.45, 7) is 2.00. The Balaban J connectivity index is 1.74. The number of benzene rings is 1. The smallest absolute Gasteiger partial charge is 0.255 e. The molecule has 0 spiro atoms. The molecule has 1 saturated carbocycles. The summed E-state index contributed by atoms with van der Waals surface area (Å²) in [6.07, 6.45) is 0. The van der Waals surface area contributed by atoms with Crippen molar-refractivity contribution in [1.82, 2.24) is 10.6 Å². The van der Waals surface area contributed by atoms with Gasteiger partial charge >= 0.3 is 0 Å². The van der Waals surface area contributed by atoms with E-state index in [4.69, 9.17) is 16.3 Å². The molecule has 3 rings (SSSR count). The normalized spacial score (nSPS) is 28.7. The minimum absolute atomic E-state index is 0.103. The molecule has 1 heterocycles. The van der Waals surface area contributed by atoms with Crippen LogP contribution in [0.25, 0.3) is 0 Å². The fraction of sp³-hybridized carbons (Fsp3) is 0.462. The molecule has 1 aromatic rings. The van der Waals surface area contributed by atoms with E-state index in [9.17, 15) is 4.79 Å². The molecule has 2 N–H and O–H groups in total. The lowest BCUT2D eigenvalue weighted by molar-refractivity contribution is 0.0943. The summed E-state index contributed by atoms with van der Waals surface area (Å²) >= 11 is 5.92. The van der Waals surface area contributed by atoms with Gasteiger partial charge in [-0.25, -0.2) is 0 Å². The van der Waals surface area contributed by atoms with Gasteiger partial charge in [-0.2, -0.15) is 0 Å². The van der Waals surface area contributed by atoms with Gasteiger partial charge in [0.25, 0.3) is 5.91 Å². The summed E-state index contributed by atoms with van der Waals surface area (Å²) in [5, 5.41) is 6.90. The van der Waals surface area contributed by atoms with Crippen LogP contribution < -0.4 is 15.4 Å². The molecule has 4 nitrogen and oxygen atoms in total. The molecule has 1 aliphatic heterocycles. The second-order valence-corrected chi connectivity index (χ2v) is 5.27. The highest BCUT2D eigenvalue weighted by atomic mass is 35.5. The van der Waals surface area contributed by atoms with Gasteiger partial charge in [0.2, 0.25) is 0 Å². The van der Waals surface area contributed by atoms with Crippen LogP contribution in [0.5, 0.6) is 5.75 Å². The molecular formula is C13H15ClN2O2. The van der Waals surface area contributed by atoms with Gasteiger partial charge in [-0.15, -0.1) is 0 Å². The van der Waals surface area contributed by atoms with Crippen LogP contribution in [0.4, 0.5) is 0 Å². The summed E-state index contributed by atoms with van der Waals surface area (Å²) in [5.41, 5.74) is 0.503. The molecule has 1 aliphatic carbocycles. The van der Waals surface area contributed by atoms with Crippen molar-refractivity contribution in [2.24, 2.45) is 11.8 Å². The predicted molar refractivity (Wildman–Crippen MR) is 69.1 cm³/mol. The zero-order chi connectivity index (χ0) is 12.7. The minimum atomic E-state index is -0.103. The number of carbonyl (C=O) groups is 1. The summed E-state index contributed by atoms with van der Waals surface area (Å²) in [5.74, 6) is 1.65. The number of piperidine rings is 1. The lowest BCUT2D eigenvalue weighted by atomic mass is 10.2. The third kappa shape index (κ3) is 1.95. The van der Waals surface area contributed by atoms with Crippen molar-refractivity contribution >= 4 is 17.5 Å². The molecule has 0 bridgehead atoms. The SMILES string of the molecule is COc1ccc(Cl)cc1C(=O)NC1C2CNCC21. The molecule has 2 aliphatic rings. The largest absolute Gasteiger partial charge is 0.496 e. The molecule has 18 heavy (non-hydrogen) atoms. The van der Waals surface area contributed by atoms with Crippen LogP contribution in [0, 0.1) is 11.8 Å². The third-order valence-corrected chi connectivity index (χ3v) is 4.03. The maximum atomic E-state index is 12.2. The first-order valence-electron chi connectivity index (χ1n) is 6.06. The quantitative estimate of drug-likeness (QED) is 0.867. The average Bonchev–Trinajstić information content (AvgIpc) is 2.81. The van der Waals surface area contributed by atoms with E-state index < -0.39 is 0 Å². The van der Waals surface area contributed by atoms with Crippen LogP contribution in [0.3, 0.4) is 0 Å². The molecule has 1 saturated heterocycles. The molecule has 1 aromatic carbocycles. The maximum absolute atomic E-state index is 12.2. The number of fused-ring (bicyclic) bond motifs is 1. The number of hydrogen-bond acceptors (Lipinski definition) is 3. The highest BCUT2D eigenvalue weighted by molar-refractivity contribution is 6.31. The van der Waals surface area contributed by atoms with Gasteiger partial charge in [-0.05, 0) is 30.0 Å². The summed E-state index contributed by atoms with van der Waals surface area (Å²) in [7, 11) is 1.55. The Bertz CT molecular complexity index is 482. The molecule has 2 unspecified atom stereocenters. The van der Waals surface area contributed by atoms with E-state index in [-0.39, 0.29) is 5.91 Å². The highest BCUT2D eigenvalue weighted by Crippen LogP contribution is 2.41. The number of rotatable bonds is 3. The van der Waals surface area contributed by atoms with Crippen molar-refractivity contribution < 1.29 is 9.53 Å². The number of methoxy groups -OCH3 is 1. The molecule has 1 amide bonds. The molecule has 5 heteroatoms. The van der Waals surface area contributed by atoms with Gasteiger partial charge in [-0.1, -0.05) is 11.6 Å². The monoisotopic (exact) mass is 266 g/mol. The minimum Gasteiger partial charge on any atom is -0.496 e. The number of halogens is 1. The topological polar surface area (TPSA) is 50.4 Å². The molecule has 0 aromatic heterocycles. The number of carbonyl (C=O) groups excluding carboxylic acids is 1. The molecule has 2 fully saturated rings. The van der Waals surface area contributed by atoms with Crippen LogP contribution >= 0.6 is 11.6 Å². The van der Waals surface area contributed by atoms with E-state index in [1.54, 1.807) is 25.3 Å². The van der Waals surface area contributed by atoms with Crippen molar-refractivity contribution in [2.45, 2.75) is 6.04 Å². The van der Waals surface area contributed by atoms with Crippen LogP contribution in [-0.4, -0.2) is 32.1 Å². The Kier molecular flexibility index (Phi) is 2.92. The zero-order valence-electron chi connectivity index (χ0n) is 10.1. The van der Waals surface area contributed by atoms with E-state index in [2.05, 4.69) is 10.6 Å². The van der Waals surface area contributed by atoms with Crippen molar-refractivity contribution in [1.29, 1.82) is 0 Å². The van der Waals surface area contributed by atoms with Crippen molar-refractivity contribution in [2.75, 3.05) is 20.2 Å². The first-order chi connectivity index (χ1) is 8.70. The zero-order valence-corrected chi connectivity index (χ0v) is 10.8. The fourth-order valence-electron chi connectivity index (χ4n) is 2.72. The standard InChI is InChI=1S/C13H15ClN2O2/c1-18-11-3-2-7(14)4-8(11)13(17)16-12-9-5-15-6-10(9)12/h2-4,9-10,12,15H,5-6H2,1H3,(H,16,17).